The molecule has 0 aromatic heterocycles. The van der Waals surface area contributed by atoms with Crippen molar-refractivity contribution in [1.29, 1.82) is 0 Å². The maximum absolute atomic E-state index is 12.7. The summed E-state index contributed by atoms with van der Waals surface area (Å²) in [7, 11) is 1.91. The zero-order valence-corrected chi connectivity index (χ0v) is 13.8. The molecule has 2 unspecified atom stereocenters. The van der Waals surface area contributed by atoms with Gasteiger partial charge in [-0.15, -0.1) is 0 Å². The molecule has 1 amide bonds. The van der Waals surface area contributed by atoms with E-state index < -0.39 is 0 Å². The van der Waals surface area contributed by atoms with Crippen molar-refractivity contribution in [2.45, 2.75) is 38.6 Å². The smallest absolute Gasteiger partial charge is 0.255 e. The summed E-state index contributed by atoms with van der Waals surface area (Å²) in [5, 5.41) is 0. The van der Waals surface area contributed by atoms with Crippen molar-refractivity contribution in [2.75, 3.05) is 13.6 Å². The van der Waals surface area contributed by atoms with Gasteiger partial charge in [0.05, 0.1) is 5.56 Å². The second kappa shape index (κ2) is 6.72. The van der Waals surface area contributed by atoms with Gasteiger partial charge in [-0.05, 0) is 60.3 Å². The van der Waals surface area contributed by atoms with Crippen LogP contribution in [0.25, 0.3) is 0 Å². The number of nitrogens with zero attached hydrogens (tertiary/aromatic N) is 1. The van der Waals surface area contributed by atoms with Crippen LogP contribution in [0.1, 0.15) is 41.6 Å². The Morgan fingerprint density at radius 3 is 2.80 bits per heavy atom. The van der Waals surface area contributed by atoms with Crippen LogP contribution < -0.4 is 5.73 Å². The van der Waals surface area contributed by atoms with Crippen LogP contribution in [0.5, 0.6) is 0 Å². The molecular formula is C16H23BrN2O. The van der Waals surface area contributed by atoms with Gasteiger partial charge in [0.1, 0.15) is 0 Å². The maximum Gasteiger partial charge on any atom is 0.255 e. The number of amides is 1. The summed E-state index contributed by atoms with van der Waals surface area (Å²) in [5.41, 5.74) is 7.72. The second-order valence-corrected chi connectivity index (χ2v) is 6.60. The fourth-order valence-corrected chi connectivity index (χ4v) is 3.53. The van der Waals surface area contributed by atoms with Crippen LogP contribution in [0.2, 0.25) is 0 Å². The van der Waals surface area contributed by atoms with Crippen LogP contribution in [0.15, 0.2) is 22.7 Å². The lowest BCUT2D eigenvalue weighted by Gasteiger charge is -2.37. The van der Waals surface area contributed by atoms with E-state index in [4.69, 9.17) is 5.73 Å². The minimum atomic E-state index is 0.0888. The standard InChI is InChI=1S/C16H23BrN2O/c1-11-7-8-14(17)13(9-11)16(20)19(2)15-6-4-3-5-12(15)10-18/h7-9,12,15H,3-6,10,18H2,1-2H3. The molecule has 1 aromatic rings. The van der Waals surface area contributed by atoms with E-state index in [9.17, 15) is 4.79 Å². The predicted octanol–water partition coefficient (Wildman–Crippen LogP) is 3.35. The summed E-state index contributed by atoms with van der Waals surface area (Å²) < 4.78 is 0.861. The van der Waals surface area contributed by atoms with Crippen molar-refractivity contribution >= 4 is 21.8 Å². The Kier molecular flexibility index (Phi) is 5.22. The highest BCUT2D eigenvalue weighted by molar-refractivity contribution is 9.10. The number of carbonyl (C=O) groups excluding carboxylic acids is 1. The van der Waals surface area contributed by atoms with Gasteiger partial charge in [-0.1, -0.05) is 24.5 Å². The molecule has 3 nitrogen and oxygen atoms in total. The Morgan fingerprint density at radius 2 is 2.10 bits per heavy atom. The summed E-state index contributed by atoms with van der Waals surface area (Å²) in [6.07, 6.45) is 4.61. The number of rotatable bonds is 3. The van der Waals surface area contributed by atoms with Crippen molar-refractivity contribution in [3.8, 4) is 0 Å². The molecule has 4 heteroatoms. The number of benzene rings is 1. The van der Waals surface area contributed by atoms with E-state index in [0.717, 1.165) is 28.4 Å². The number of hydrogen-bond acceptors (Lipinski definition) is 2. The second-order valence-electron chi connectivity index (χ2n) is 5.75. The van der Waals surface area contributed by atoms with E-state index in [1.807, 2.05) is 37.1 Å². The van der Waals surface area contributed by atoms with E-state index in [1.54, 1.807) is 0 Å². The summed E-state index contributed by atoms with van der Waals surface area (Å²) >= 11 is 3.48. The molecule has 0 aliphatic heterocycles. The lowest BCUT2D eigenvalue weighted by Crippen LogP contribution is -2.46. The predicted molar refractivity (Wildman–Crippen MR) is 85.8 cm³/mol. The fraction of sp³-hybridized carbons (Fsp3) is 0.562. The molecule has 20 heavy (non-hydrogen) atoms. The van der Waals surface area contributed by atoms with Gasteiger partial charge in [0.2, 0.25) is 0 Å². The van der Waals surface area contributed by atoms with Crippen LogP contribution in [-0.4, -0.2) is 30.4 Å². The molecule has 1 fully saturated rings. The number of halogens is 1. The molecule has 1 saturated carbocycles. The van der Waals surface area contributed by atoms with Gasteiger partial charge in [0, 0.05) is 17.6 Å². The van der Waals surface area contributed by atoms with E-state index in [-0.39, 0.29) is 11.9 Å². The van der Waals surface area contributed by atoms with Crippen LogP contribution in [0.4, 0.5) is 0 Å². The Labute approximate surface area is 129 Å². The summed E-state index contributed by atoms with van der Waals surface area (Å²) in [5.74, 6) is 0.521. The molecule has 0 bridgehead atoms. The van der Waals surface area contributed by atoms with Gasteiger partial charge in [0.15, 0.2) is 0 Å². The highest BCUT2D eigenvalue weighted by Gasteiger charge is 2.30. The molecule has 2 atom stereocenters. The lowest BCUT2D eigenvalue weighted by molar-refractivity contribution is 0.0619. The van der Waals surface area contributed by atoms with Gasteiger partial charge < -0.3 is 10.6 Å². The first-order valence-corrected chi connectivity index (χ1v) is 8.07. The average Bonchev–Trinajstić information content (AvgIpc) is 2.48. The molecule has 1 aliphatic carbocycles. The highest BCUT2D eigenvalue weighted by Crippen LogP contribution is 2.29. The SMILES string of the molecule is Cc1ccc(Br)c(C(=O)N(C)C2CCCCC2CN)c1. The minimum absolute atomic E-state index is 0.0888. The zero-order valence-electron chi connectivity index (χ0n) is 12.2. The van der Waals surface area contributed by atoms with Crippen LogP contribution in [-0.2, 0) is 0 Å². The van der Waals surface area contributed by atoms with Crippen molar-refractivity contribution in [3.05, 3.63) is 33.8 Å². The topological polar surface area (TPSA) is 46.3 Å². The zero-order chi connectivity index (χ0) is 14.7. The third-order valence-electron chi connectivity index (χ3n) is 4.34. The maximum atomic E-state index is 12.7. The van der Waals surface area contributed by atoms with Crippen molar-refractivity contribution < 1.29 is 4.79 Å². The average molecular weight is 339 g/mol. The number of hydrogen-bond donors (Lipinski definition) is 1. The van der Waals surface area contributed by atoms with Crippen LogP contribution in [0, 0.1) is 12.8 Å². The Balaban J connectivity index is 2.21. The van der Waals surface area contributed by atoms with Gasteiger partial charge in [-0.25, -0.2) is 0 Å². The highest BCUT2D eigenvalue weighted by atomic mass is 79.9. The van der Waals surface area contributed by atoms with Gasteiger partial charge in [-0.3, -0.25) is 4.79 Å². The summed E-state index contributed by atoms with van der Waals surface area (Å²) in [6, 6.07) is 6.17. The van der Waals surface area contributed by atoms with Crippen LogP contribution >= 0.6 is 15.9 Å². The van der Waals surface area contributed by atoms with Gasteiger partial charge in [-0.2, -0.15) is 0 Å². The fourth-order valence-electron chi connectivity index (χ4n) is 3.12. The number of carbonyl (C=O) groups is 1. The molecular weight excluding hydrogens is 316 g/mol. The Morgan fingerprint density at radius 1 is 1.40 bits per heavy atom. The van der Waals surface area contributed by atoms with Crippen molar-refractivity contribution in [2.24, 2.45) is 11.7 Å². The minimum Gasteiger partial charge on any atom is -0.338 e. The first-order valence-electron chi connectivity index (χ1n) is 7.28. The summed E-state index contributed by atoms with van der Waals surface area (Å²) in [4.78, 5) is 14.6. The molecule has 0 saturated heterocycles. The van der Waals surface area contributed by atoms with E-state index in [2.05, 4.69) is 15.9 Å². The number of aryl methyl sites for hydroxylation is 1. The molecule has 2 rings (SSSR count). The normalized spacial score (nSPS) is 22.6. The molecule has 0 heterocycles. The molecule has 0 radical (unpaired) electrons. The third kappa shape index (κ3) is 3.23. The van der Waals surface area contributed by atoms with Crippen molar-refractivity contribution in [1.82, 2.24) is 4.90 Å². The quantitative estimate of drug-likeness (QED) is 0.918. The van der Waals surface area contributed by atoms with Gasteiger partial charge >= 0.3 is 0 Å². The first-order chi connectivity index (χ1) is 9.54. The number of nitrogens with two attached hydrogens (primary N) is 1. The van der Waals surface area contributed by atoms with E-state index >= 15 is 0 Å². The molecule has 2 N–H and O–H groups in total. The molecule has 110 valence electrons. The van der Waals surface area contributed by atoms with E-state index in [0.29, 0.717) is 12.5 Å². The lowest BCUT2D eigenvalue weighted by atomic mass is 9.83. The first kappa shape index (κ1) is 15.5. The summed E-state index contributed by atoms with van der Waals surface area (Å²) in [6.45, 7) is 2.67. The molecule has 1 aromatic carbocycles. The van der Waals surface area contributed by atoms with Crippen molar-refractivity contribution in [3.63, 3.8) is 0 Å². The molecule has 0 spiro atoms. The van der Waals surface area contributed by atoms with Gasteiger partial charge in [0.25, 0.3) is 5.91 Å². The molecule has 1 aliphatic rings. The third-order valence-corrected chi connectivity index (χ3v) is 5.03. The Hall–Kier alpha value is -0.870. The largest absolute Gasteiger partial charge is 0.338 e. The van der Waals surface area contributed by atoms with E-state index in [1.165, 1.54) is 12.8 Å². The monoisotopic (exact) mass is 338 g/mol. The van der Waals surface area contributed by atoms with Crippen LogP contribution in [0.3, 0.4) is 0 Å². The Bertz CT molecular complexity index is 489.